The molecule has 0 saturated carbocycles. The Hall–Kier alpha value is -3.46. The first-order valence-corrected chi connectivity index (χ1v) is 9.34. The number of benzene rings is 4. The van der Waals surface area contributed by atoms with Gasteiger partial charge in [-0.15, -0.1) is 0 Å². The molecule has 0 radical (unpaired) electrons. The van der Waals surface area contributed by atoms with Crippen LogP contribution in [-0.2, 0) is 0 Å². The van der Waals surface area contributed by atoms with Crippen molar-refractivity contribution in [3.05, 3.63) is 97.1 Å². The van der Waals surface area contributed by atoms with Crippen molar-refractivity contribution in [3.63, 3.8) is 0 Å². The van der Waals surface area contributed by atoms with E-state index in [1.54, 1.807) is 0 Å². The number of aromatic nitrogens is 2. The average molecular weight is 344 g/mol. The molecule has 3 heteroatoms. The van der Waals surface area contributed by atoms with Gasteiger partial charge in [-0.3, -0.25) is 0 Å². The maximum Gasteiger partial charge on any atom is 0.366 e. The minimum absolute atomic E-state index is 0.794. The third-order valence-corrected chi connectivity index (χ3v) is 5.64. The lowest BCUT2D eigenvalue weighted by atomic mass is 10.1. The maximum absolute atomic E-state index is 2.43. The van der Waals surface area contributed by atoms with Gasteiger partial charge in [0.2, 0.25) is 0 Å². The van der Waals surface area contributed by atoms with Gasteiger partial charge in [0.05, 0.1) is 0 Å². The summed E-state index contributed by atoms with van der Waals surface area (Å²) >= 11 is 0. The molecule has 6 aromatic rings. The van der Waals surface area contributed by atoms with Crippen LogP contribution in [0.15, 0.2) is 97.1 Å². The second kappa shape index (κ2) is 5.52. The maximum atomic E-state index is 2.43. The molecule has 0 aliphatic rings. The topological polar surface area (TPSA) is 9.86 Å². The van der Waals surface area contributed by atoms with Crippen molar-refractivity contribution in [2.75, 3.05) is 0 Å². The highest BCUT2D eigenvalue weighted by molar-refractivity contribution is 6.42. The van der Waals surface area contributed by atoms with Gasteiger partial charge in [0.25, 0.3) is 0 Å². The molecule has 2 nitrogen and oxygen atoms in total. The Labute approximate surface area is 157 Å². The van der Waals surface area contributed by atoms with Crippen molar-refractivity contribution >= 4 is 51.2 Å². The molecule has 126 valence electrons. The molecule has 4 aromatic carbocycles. The second-order valence-electron chi connectivity index (χ2n) is 7.07. The first-order chi connectivity index (χ1) is 13.4. The van der Waals surface area contributed by atoms with E-state index in [2.05, 4.69) is 106 Å². The van der Waals surface area contributed by atoms with E-state index in [0.29, 0.717) is 0 Å². The lowest BCUT2D eigenvalue weighted by Gasteiger charge is -2.10. The number of rotatable bonds is 2. The third-order valence-electron chi connectivity index (χ3n) is 5.64. The van der Waals surface area contributed by atoms with Gasteiger partial charge in [-0.1, -0.05) is 72.8 Å². The second-order valence-corrected chi connectivity index (χ2v) is 7.07. The predicted molar refractivity (Wildman–Crippen MR) is 117 cm³/mol. The molecule has 0 aliphatic carbocycles. The highest BCUT2D eigenvalue weighted by Gasteiger charge is 2.15. The van der Waals surface area contributed by atoms with Gasteiger partial charge in [0.15, 0.2) is 0 Å². The van der Waals surface area contributed by atoms with Crippen LogP contribution in [0.25, 0.3) is 43.6 Å². The largest absolute Gasteiger partial charge is 0.368 e. The Morgan fingerprint density at radius 1 is 0.370 bits per heavy atom. The monoisotopic (exact) mass is 344 g/mol. The molecule has 2 aromatic heterocycles. The van der Waals surface area contributed by atoms with Crippen molar-refractivity contribution in [1.82, 2.24) is 8.96 Å². The minimum Gasteiger partial charge on any atom is -0.368 e. The quantitative estimate of drug-likeness (QED) is 0.364. The van der Waals surface area contributed by atoms with Gasteiger partial charge in [-0.05, 0) is 24.3 Å². The van der Waals surface area contributed by atoms with E-state index in [1.807, 2.05) is 0 Å². The summed E-state index contributed by atoms with van der Waals surface area (Å²) in [6, 6.07) is 34.8. The van der Waals surface area contributed by atoms with Gasteiger partial charge in [-0.25, -0.2) is 0 Å². The molecule has 0 bridgehead atoms. The Morgan fingerprint density at radius 3 is 0.926 bits per heavy atom. The fourth-order valence-corrected chi connectivity index (χ4v) is 4.45. The Morgan fingerprint density at radius 2 is 0.630 bits per heavy atom. The number of para-hydroxylation sites is 4. The number of fused-ring (bicyclic) bond motifs is 6. The van der Waals surface area contributed by atoms with Gasteiger partial charge >= 0.3 is 7.55 Å². The van der Waals surface area contributed by atoms with Crippen molar-refractivity contribution in [1.29, 1.82) is 0 Å². The van der Waals surface area contributed by atoms with E-state index >= 15 is 0 Å². The first kappa shape index (κ1) is 14.7. The molecule has 6 rings (SSSR count). The van der Waals surface area contributed by atoms with E-state index in [9.17, 15) is 0 Å². The molecular formula is C24H17BN2. The van der Waals surface area contributed by atoms with Gasteiger partial charge in [-0.2, -0.15) is 0 Å². The minimum atomic E-state index is 0.794. The van der Waals surface area contributed by atoms with Crippen molar-refractivity contribution < 1.29 is 0 Å². The molecule has 0 atom stereocenters. The zero-order chi connectivity index (χ0) is 17.8. The number of hydrogen-bond donors (Lipinski definition) is 0. The SMILES string of the molecule is B(n1c2ccccc2c2ccccc21)n1c2ccccc2c2ccccc21. The molecule has 27 heavy (non-hydrogen) atoms. The summed E-state index contributed by atoms with van der Waals surface area (Å²) in [5, 5.41) is 5.26. The molecular weight excluding hydrogens is 327 g/mol. The standard InChI is InChI=1S/C24H17BN2/c1-5-13-21-17(9-1)18-10-2-6-14-22(18)26(21)25-27-23-15-7-3-11-19(23)20-12-4-8-16-24(20)27/h1-16,25H. The molecule has 0 aliphatic heterocycles. The van der Waals surface area contributed by atoms with Gasteiger partial charge in [0, 0.05) is 43.6 Å². The number of hydrogen-bond acceptors (Lipinski definition) is 0. The molecule has 0 saturated heterocycles. The molecule has 0 spiro atoms. The highest BCUT2D eigenvalue weighted by atomic mass is 15.0. The van der Waals surface area contributed by atoms with Crippen LogP contribution >= 0.6 is 0 Å². The van der Waals surface area contributed by atoms with E-state index in [0.717, 1.165) is 7.55 Å². The molecule has 2 heterocycles. The summed E-state index contributed by atoms with van der Waals surface area (Å²) in [5.74, 6) is 0. The molecule has 0 amide bonds. The van der Waals surface area contributed by atoms with Crippen molar-refractivity contribution in [2.45, 2.75) is 0 Å². The van der Waals surface area contributed by atoms with E-state index in [1.165, 1.54) is 43.6 Å². The molecule has 0 N–H and O–H groups in total. The molecule has 0 unspecified atom stereocenters. The normalized spacial score (nSPS) is 11.7. The summed E-state index contributed by atoms with van der Waals surface area (Å²) in [6.45, 7) is 0. The number of nitrogens with zero attached hydrogens (tertiary/aromatic N) is 2. The van der Waals surface area contributed by atoms with E-state index in [-0.39, 0.29) is 0 Å². The molecule has 0 fully saturated rings. The average Bonchev–Trinajstić information content (AvgIpc) is 3.23. The van der Waals surface area contributed by atoms with Crippen molar-refractivity contribution in [2.24, 2.45) is 0 Å². The highest BCUT2D eigenvalue weighted by Crippen LogP contribution is 2.31. The summed E-state index contributed by atoms with van der Waals surface area (Å²) < 4.78 is 4.87. The van der Waals surface area contributed by atoms with E-state index in [4.69, 9.17) is 0 Å². The van der Waals surface area contributed by atoms with Crippen LogP contribution in [0, 0.1) is 0 Å². The Balaban J connectivity index is 1.70. The lowest BCUT2D eigenvalue weighted by Crippen LogP contribution is -2.16. The van der Waals surface area contributed by atoms with Crippen LogP contribution in [0.2, 0.25) is 0 Å². The summed E-state index contributed by atoms with van der Waals surface area (Å²) in [7, 11) is 0.794. The fraction of sp³-hybridized carbons (Fsp3) is 0. The fourth-order valence-electron chi connectivity index (χ4n) is 4.45. The Kier molecular flexibility index (Phi) is 3.00. The van der Waals surface area contributed by atoms with Gasteiger partial charge in [0.1, 0.15) is 0 Å². The van der Waals surface area contributed by atoms with Crippen LogP contribution in [0.5, 0.6) is 0 Å². The van der Waals surface area contributed by atoms with Gasteiger partial charge < -0.3 is 8.96 Å². The van der Waals surface area contributed by atoms with Crippen LogP contribution < -0.4 is 0 Å². The predicted octanol–water partition coefficient (Wildman–Crippen LogP) is 5.57. The lowest BCUT2D eigenvalue weighted by molar-refractivity contribution is 1.23. The first-order valence-electron chi connectivity index (χ1n) is 9.34. The zero-order valence-corrected chi connectivity index (χ0v) is 14.8. The van der Waals surface area contributed by atoms with Crippen LogP contribution in [0.3, 0.4) is 0 Å². The summed E-state index contributed by atoms with van der Waals surface area (Å²) in [5.41, 5.74) is 5.11. The van der Waals surface area contributed by atoms with E-state index < -0.39 is 0 Å². The third kappa shape index (κ3) is 2.03. The summed E-state index contributed by atoms with van der Waals surface area (Å²) in [4.78, 5) is 0. The van der Waals surface area contributed by atoms with Crippen LogP contribution in [-0.4, -0.2) is 16.5 Å². The zero-order valence-electron chi connectivity index (χ0n) is 14.8. The summed E-state index contributed by atoms with van der Waals surface area (Å²) in [6.07, 6.45) is 0. The van der Waals surface area contributed by atoms with Crippen molar-refractivity contribution in [3.8, 4) is 0 Å². The Bertz CT molecular complexity index is 1240. The smallest absolute Gasteiger partial charge is 0.366 e. The van der Waals surface area contributed by atoms with Crippen LogP contribution in [0.4, 0.5) is 0 Å². The van der Waals surface area contributed by atoms with Crippen LogP contribution in [0.1, 0.15) is 0 Å².